The Morgan fingerprint density at radius 3 is 2.48 bits per heavy atom. The molecule has 7 heteroatoms. The van der Waals surface area contributed by atoms with Crippen LogP contribution in [0, 0.1) is 6.92 Å². The summed E-state index contributed by atoms with van der Waals surface area (Å²) in [6, 6.07) is 0.580. The van der Waals surface area contributed by atoms with Gasteiger partial charge in [0.2, 0.25) is 11.8 Å². The van der Waals surface area contributed by atoms with Crippen molar-refractivity contribution in [1.29, 1.82) is 0 Å². The Hall–Kier alpha value is -1.89. The van der Waals surface area contributed by atoms with Gasteiger partial charge in [-0.05, 0) is 52.1 Å². The van der Waals surface area contributed by atoms with Gasteiger partial charge in [0.15, 0.2) is 0 Å². The van der Waals surface area contributed by atoms with Gasteiger partial charge in [-0.25, -0.2) is 4.98 Å². The molecular formula is C20H32N4O3. The number of piperidine rings is 2. The summed E-state index contributed by atoms with van der Waals surface area (Å²) >= 11 is 0. The van der Waals surface area contributed by atoms with Crippen LogP contribution in [-0.4, -0.2) is 72.1 Å². The third kappa shape index (κ3) is 4.89. The maximum atomic E-state index is 13.2. The number of nitrogens with zero attached hydrogens (tertiary/aromatic N) is 4. The molecule has 3 heterocycles. The highest BCUT2D eigenvalue weighted by molar-refractivity contribution is 5.80. The summed E-state index contributed by atoms with van der Waals surface area (Å²) in [7, 11) is 3.09. The number of rotatable bonds is 6. The molecule has 0 aromatic carbocycles. The molecule has 0 spiro atoms. The van der Waals surface area contributed by atoms with Gasteiger partial charge in [-0.2, -0.15) is 4.98 Å². The van der Waals surface area contributed by atoms with Gasteiger partial charge in [-0.3, -0.25) is 4.79 Å². The van der Waals surface area contributed by atoms with E-state index in [2.05, 4.69) is 19.8 Å². The highest BCUT2D eigenvalue weighted by Crippen LogP contribution is 2.25. The second-order valence-corrected chi connectivity index (χ2v) is 7.56. The van der Waals surface area contributed by atoms with Crippen LogP contribution in [0.4, 0.5) is 0 Å². The van der Waals surface area contributed by atoms with Crippen molar-refractivity contribution in [2.45, 2.75) is 57.9 Å². The van der Waals surface area contributed by atoms with Crippen LogP contribution in [0.25, 0.3) is 0 Å². The van der Waals surface area contributed by atoms with E-state index in [1.165, 1.54) is 32.8 Å². The predicted molar refractivity (Wildman–Crippen MR) is 103 cm³/mol. The average Bonchev–Trinajstić information content (AvgIpc) is 2.70. The Morgan fingerprint density at radius 2 is 1.78 bits per heavy atom. The van der Waals surface area contributed by atoms with Gasteiger partial charge >= 0.3 is 6.01 Å². The second kappa shape index (κ2) is 9.35. The quantitative estimate of drug-likeness (QED) is 0.758. The zero-order valence-electron chi connectivity index (χ0n) is 16.9. The van der Waals surface area contributed by atoms with Crippen molar-refractivity contribution in [3.63, 3.8) is 0 Å². The summed E-state index contributed by atoms with van der Waals surface area (Å²) in [5.41, 5.74) is 1.49. The fraction of sp³-hybridized carbons (Fsp3) is 0.750. The predicted octanol–water partition coefficient (Wildman–Crippen LogP) is 2.21. The first-order valence-electron chi connectivity index (χ1n) is 10.1. The van der Waals surface area contributed by atoms with Crippen LogP contribution in [0.1, 0.15) is 49.8 Å². The van der Waals surface area contributed by atoms with E-state index >= 15 is 0 Å². The lowest BCUT2D eigenvalue weighted by atomic mass is 9.99. The molecule has 0 aliphatic carbocycles. The van der Waals surface area contributed by atoms with Crippen molar-refractivity contribution >= 4 is 5.91 Å². The average molecular weight is 377 g/mol. The molecule has 3 rings (SSSR count). The van der Waals surface area contributed by atoms with Gasteiger partial charge in [0, 0.05) is 24.7 Å². The van der Waals surface area contributed by atoms with E-state index in [1.54, 1.807) is 7.11 Å². The second-order valence-electron chi connectivity index (χ2n) is 7.56. The standard InChI is InChI=1S/C20H32N4O3/c1-15-17(19(26-2)22-20(21-15)27-3)13-18(25)24-12-8-5-9-16(24)14-23-10-6-4-7-11-23/h16H,4-14H2,1-3H3/t16-/m0/s1. The first-order valence-corrected chi connectivity index (χ1v) is 10.1. The van der Waals surface area contributed by atoms with Crippen molar-refractivity contribution in [2.24, 2.45) is 0 Å². The lowest BCUT2D eigenvalue weighted by molar-refractivity contribution is -0.134. The van der Waals surface area contributed by atoms with E-state index in [0.29, 0.717) is 11.9 Å². The van der Waals surface area contributed by atoms with E-state index in [-0.39, 0.29) is 18.3 Å². The number of aromatic nitrogens is 2. The number of likely N-dealkylation sites (tertiary alicyclic amines) is 2. The van der Waals surface area contributed by atoms with Crippen molar-refractivity contribution in [2.75, 3.05) is 40.4 Å². The summed E-state index contributed by atoms with van der Waals surface area (Å²) in [6.45, 7) is 6.04. The molecule has 1 aromatic heterocycles. The van der Waals surface area contributed by atoms with Crippen LogP contribution in [-0.2, 0) is 11.2 Å². The maximum absolute atomic E-state index is 13.2. The Bertz CT molecular complexity index is 646. The van der Waals surface area contributed by atoms with Crippen molar-refractivity contribution in [3.8, 4) is 11.9 Å². The molecule has 1 amide bonds. The number of carbonyl (C=O) groups is 1. The number of carbonyl (C=O) groups excluding carboxylic acids is 1. The zero-order chi connectivity index (χ0) is 19.2. The number of methoxy groups -OCH3 is 2. The zero-order valence-corrected chi connectivity index (χ0v) is 16.9. The third-order valence-electron chi connectivity index (χ3n) is 5.72. The minimum absolute atomic E-state index is 0.145. The molecule has 2 fully saturated rings. The van der Waals surface area contributed by atoms with Crippen molar-refractivity contribution in [3.05, 3.63) is 11.3 Å². The van der Waals surface area contributed by atoms with E-state index < -0.39 is 0 Å². The van der Waals surface area contributed by atoms with Gasteiger partial charge in [0.25, 0.3) is 0 Å². The molecule has 0 radical (unpaired) electrons. The Labute approximate surface area is 162 Å². The molecule has 0 N–H and O–H groups in total. The monoisotopic (exact) mass is 376 g/mol. The summed E-state index contributed by atoms with van der Waals surface area (Å²) in [4.78, 5) is 26.3. The molecule has 1 atom stereocenters. The van der Waals surface area contributed by atoms with E-state index in [0.717, 1.165) is 50.3 Å². The number of amides is 1. The van der Waals surface area contributed by atoms with Crippen LogP contribution in [0.15, 0.2) is 0 Å². The normalized spacial score (nSPS) is 21.1. The summed E-state index contributed by atoms with van der Waals surface area (Å²) in [6.07, 6.45) is 7.54. The van der Waals surface area contributed by atoms with Gasteiger partial charge in [0.1, 0.15) is 0 Å². The van der Waals surface area contributed by atoms with Gasteiger partial charge in [-0.1, -0.05) is 6.42 Å². The summed E-state index contributed by atoms with van der Waals surface area (Å²) in [5.74, 6) is 0.573. The Kier molecular flexibility index (Phi) is 6.88. The fourth-order valence-corrected chi connectivity index (χ4v) is 4.22. The fourth-order valence-electron chi connectivity index (χ4n) is 4.22. The van der Waals surface area contributed by atoms with Crippen LogP contribution in [0.5, 0.6) is 11.9 Å². The van der Waals surface area contributed by atoms with E-state index in [9.17, 15) is 4.79 Å². The molecule has 27 heavy (non-hydrogen) atoms. The molecule has 2 aliphatic heterocycles. The summed E-state index contributed by atoms with van der Waals surface area (Å²) < 4.78 is 10.5. The number of aryl methyl sites for hydroxylation is 1. The minimum Gasteiger partial charge on any atom is -0.481 e. The molecule has 0 bridgehead atoms. The van der Waals surface area contributed by atoms with E-state index in [4.69, 9.17) is 9.47 Å². The molecule has 7 nitrogen and oxygen atoms in total. The Morgan fingerprint density at radius 1 is 1.04 bits per heavy atom. The largest absolute Gasteiger partial charge is 0.481 e. The van der Waals surface area contributed by atoms with Gasteiger partial charge in [-0.15, -0.1) is 0 Å². The molecular weight excluding hydrogens is 344 g/mol. The van der Waals surface area contributed by atoms with Crippen molar-refractivity contribution < 1.29 is 14.3 Å². The third-order valence-corrected chi connectivity index (χ3v) is 5.72. The smallest absolute Gasteiger partial charge is 0.319 e. The molecule has 0 unspecified atom stereocenters. The first-order chi connectivity index (χ1) is 13.1. The van der Waals surface area contributed by atoms with Crippen molar-refractivity contribution in [1.82, 2.24) is 19.8 Å². The molecule has 1 aromatic rings. The first kappa shape index (κ1) is 19.9. The number of hydrogen-bond acceptors (Lipinski definition) is 6. The minimum atomic E-state index is 0.145. The van der Waals surface area contributed by atoms with Gasteiger partial charge in [0.05, 0.1) is 26.3 Å². The molecule has 0 saturated carbocycles. The highest BCUT2D eigenvalue weighted by atomic mass is 16.5. The lowest BCUT2D eigenvalue weighted by Gasteiger charge is -2.40. The number of ether oxygens (including phenoxy) is 2. The highest BCUT2D eigenvalue weighted by Gasteiger charge is 2.30. The summed E-state index contributed by atoms with van der Waals surface area (Å²) in [5, 5.41) is 0. The maximum Gasteiger partial charge on any atom is 0.319 e. The topological polar surface area (TPSA) is 67.8 Å². The van der Waals surface area contributed by atoms with Gasteiger partial charge < -0.3 is 19.3 Å². The Balaban J connectivity index is 1.71. The molecule has 150 valence electrons. The molecule has 2 saturated heterocycles. The SMILES string of the molecule is COc1nc(C)c(CC(=O)N2CCCC[C@H]2CN2CCCCC2)c(OC)n1. The van der Waals surface area contributed by atoms with Crippen LogP contribution < -0.4 is 9.47 Å². The molecule has 2 aliphatic rings. The van der Waals surface area contributed by atoms with Crippen LogP contribution in [0.3, 0.4) is 0 Å². The van der Waals surface area contributed by atoms with Crippen LogP contribution >= 0.6 is 0 Å². The lowest BCUT2D eigenvalue weighted by Crippen LogP contribution is -2.50. The number of hydrogen-bond donors (Lipinski definition) is 0. The van der Waals surface area contributed by atoms with E-state index in [1.807, 2.05) is 6.92 Å². The van der Waals surface area contributed by atoms with Crippen LogP contribution in [0.2, 0.25) is 0 Å².